The van der Waals surface area contributed by atoms with E-state index < -0.39 is 0 Å². The number of amides is 1. The molecule has 70 valence electrons. The molecule has 1 saturated heterocycles. The minimum absolute atomic E-state index is 0.232. The molecule has 2 atom stereocenters. The first-order valence-electron chi connectivity index (χ1n) is 4.85. The SMILES string of the molecule is CC(=O)N1CCC(C)CC(C)C1. The van der Waals surface area contributed by atoms with E-state index in [9.17, 15) is 4.79 Å². The molecule has 1 amide bonds. The fourth-order valence-electron chi connectivity index (χ4n) is 2.01. The van der Waals surface area contributed by atoms with E-state index in [-0.39, 0.29) is 5.91 Å². The van der Waals surface area contributed by atoms with Gasteiger partial charge in [0.2, 0.25) is 5.91 Å². The van der Waals surface area contributed by atoms with Crippen molar-refractivity contribution in [1.29, 1.82) is 0 Å². The number of nitrogens with zero attached hydrogens (tertiary/aromatic N) is 1. The monoisotopic (exact) mass is 169 g/mol. The molecule has 2 nitrogen and oxygen atoms in total. The molecule has 1 aliphatic heterocycles. The first-order chi connectivity index (χ1) is 5.59. The predicted octanol–water partition coefficient (Wildman–Crippen LogP) is 1.90. The molecule has 0 radical (unpaired) electrons. The van der Waals surface area contributed by atoms with E-state index in [1.165, 1.54) is 12.8 Å². The number of carbonyl (C=O) groups excluding carboxylic acids is 1. The third-order valence-corrected chi connectivity index (χ3v) is 2.67. The van der Waals surface area contributed by atoms with E-state index in [0.29, 0.717) is 5.92 Å². The van der Waals surface area contributed by atoms with E-state index in [1.807, 2.05) is 4.90 Å². The van der Waals surface area contributed by atoms with Crippen molar-refractivity contribution in [3.63, 3.8) is 0 Å². The van der Waals surface area contributed by atoms with Crippen molar-refractivity contribution in [1.82, 2.24) is 4.90 Å². The highest BCUT2D eigenvalue weighted by atomic mass is 16.2. The minimum Gasteiger partial charge on any atom is -0.343 e. The normalized spacial score (nSPS) is 31.4. The molecule has 0 aromatic rings. The van der Waals surface area contributed by atoms with Gasteiger partial charge in [-0.25, -0.2) is 0 Å². The Morgan fingerprint density at radius 1 is 1.33 bits per heavy atom. The lowest BCUT2D eigenvalue weighted by molar-refractivity contribution is -0.129. The van der Waals surface area contributed by atoms with Gasteiger partial charge in [-0.05, 0) is 24.7 Å². The Morgan fingerprint density at radius 3 is 2.58 bits per heavy atom. The van der Waals surface area contributed by atoms with Crippen LogP contribution in [0.4, 0.5) is 0 Å². The van der Waals surface area contributed by atoms with Gasteiger partial charge in [-0.3, -0.25) is 4.79 Å². The van der Waals surface area contributed by atoms with Crippen molar-refractivity contribution in [2.24, 2.45) is 11.8 Å². The molecule has 1 fully saturated rings. The number of hydrogen-bond acceptors (Lipinski definition) is 1. The lowest BCUT2D eigenvalue weighted by Gasteiger charge is -2.20. The Labute approximate surface area is 74.9 Å². The molecule has 2 unspecified atom stereocenters. The first kappa shape index (κ1) is 9.56. The Hall–Kier alpha value is -0.530. The summed E-state index contributed by atoms with van der Waals surface area (Å²) >= 11 is 0. The summed E-state index contributed by atoms with van der Waals surface area (Å²) in [4.78, 5) is 13.1. The van der Waals surface area contributed by atoms with Crippen molar-refractivity contribution in [3.8, 4) is 0 Å². The van der Waals surface area contributed by atoms with Crippen LogP contribution in [0.5, 0.6) is 0 Å². The fourth-order valence-corrected chi connectivity index (χ4v) is 2.01. The summed E-state index contributed by atoms with van der Waals surface area (Å²) in [5.41, 5.74) is 0. The molecule has 12 heavy (non-hydrogen) atoms. The quantitative estimate of drug-likeness (QED) is 0.542. The summed E-state index contributed by atoms with van der Waals surface area (Å²) in [6.07, 6.45) is 2.44. The van der Waals surface area contributed by atoms with Gasteiger partial charge in [-0.1, -0.05) is 13.8 Å². The average molecular weight is 169 g/mol. The number of carbonyl (C=O) groups is 1. The highest BCUT2D eigenvalue weighted by molar-refractivity contribution is 5.73. The summed E-state index contributed by atoms with van der Waals surface area (Å²) in [5.74, 6) is 1.69. The maximum atomic E-state index is 11.1. The second-order valence-corrected chi connectivity index (χ2v) is 4.20. The van der Waals surface area contributed by atoms with Crippen LogP contribution >= 0.6 is 0 Å². The van der Waals surface area contributed by atoms with Gasteiger partial charge in [0.05, 0.1) is 0 Å². The Balaban J connectivity index is 2.52. The molecule has 0 saturated carbocycles. The molecule has 0 aromatic heterocycles. The van der Waals surface area contributed by atoms with Crippen molar-refractivity contribution in [2.45, 2.75) is 33.6 Å². The van der Waals surface area contributed by atoms with Gasteiger partial charge in [0.1, 0.15) is 0 Å². The van der Waals surface area contributed by atoms with Gasteiger partial charge in [-0.2, -0.15) is 0 Å². The zero-order valence-corrected chi connectivity index (χ0v) is 8.34. The predicted molar refractivity (Wildman–Crippen MR) is 49.8 cm³/mol. The lowest BCUT2D eigenvalue weighted by atomic mass is 9.97. The van der Waals surface area contributed by atoms with E-state index in [4.69, 9.17) is 0 Å². The summed E-state index contributed by atoms with van der Waals surface area (Å²) in [6, 6.07) is 0. The molecule has 1 heterocycles. The Morgan fingerprint density at radius 2 is 2.00 bits per heavy atom. The molecule has 0 aromatic carbocycles. The van der Waals surface area contributed by atoms with Gasteiger partial charge in [0, 0.05) is 20.0 Å². The number of hydrogen-bond donors (Lipinski definition) is 0. The van der Waals surface area contributed by atoms with Crippen LogP contribution in [0.15, 0.2) is 0 Å². The smallest absolute Gasteiger partial charge is 0.219 e. The van der Waals surface area contributed by atoms with Crippen molar-refractivity contribution >= 4 is 5.91 Å². The van der Waals surface area contributed by atoms with Crippen LogP contribution in [0.3, 0.4) is 0 Å². The van der Waals surface area contributed by atoms with Gasteiger partial charge in [0.15, 0.2) is 0 Å². The fraction of sp³-hybridized carbons (Fsp3) is 0.900. The molecular weight excluding hydrogens is 150 g/mol. The zero-order valence-electron chi connectivity index (χ0n) is 8.34. The maximum Gasteiger partial charge on any atom is 0.219 e. The van der Waals surface area contributed by atoms with Gasteiger partial charge in [-0.15, -0.1) is 0 Å². The maximum absolute atomic E-state index is 11.1. The first-order valence-corrected chi connectivity index (χ1v) is 4.85. The number of likely N-dealkylation sites (tertiary alicyclic amines) is 1. The zero-order chi connectivity index (χ0) is 9.14. The molecule has 1 rings (SSSR count). The second-order valence-electron chi connectivity index (χ2n) is 4.20. The van der Waals surface area contributed by atoms with Crippen molar-refractivity contribution in [2.75, 3.05) is 13.1 Å². The Bertz CT molecular complexity index is 167. The number of rotatable bonds is 0. The lowest BCUT2D eigenvalue weighted by Crippen LogP contribution is -2.31. The minimum atomic E-state index is 0.232. The average Bonchev–Trinajstić information content (AvgIpc) is 2.11. The third kappa shape index (κ3) is 2.50. The highest BCUT2D eigenvalue weighted by Crippen LogP contribution is 2.20. The van der Waals surface area contributed by atoms with Crippen LogP contribution in [0, 0.1) is 11.8 Å². The topological polar surface area (TPSA) is 20.3 Å². The van der Waals surface area contributed by atoms with Crippen LogP contribution in [0.25, 0.3) is 0 Å². The van der Waals surface area contributed by atoms with Gasteiger partial charge in [0.25, 0.3) is 0 Å². The van der Waals surface area contributed by atoms with Crippen LogP contribution in [-0.2, 0) is 4.79 Å². The Kier molecular flexibility index (Phi) is 3.12. The molecule has 0 N–H and O–H groups in total. The van der Waals surface area contributed by atoms with E-state index in [1.54, 1.807) is 6.92 Å². The summed E-state index contributed by atoms with van der Waals surface area (Å²) < 4.78 is 0. The van der Waals surface area contributed by atoms with Crippen molar-refractivity contribution < 1.29 is 4.79 Å². The summed E-state index contributed by atoms with van der Waals surface area (Å²) in [7, 11) is 0. The molecule has 0 bridgehead atoms. The van der Waals surface area contributed by atoms with Crippen LogP contribution in [0.2, 0.25) is 0 Å². The standard InChI is InChI=1S/C10H19NO/c1-8-4-5-11(10(3)12)7-9(2)6-8/h8-9H,4-7H2,1-3H3. The summed E-state index contributed by atoms with van der Waals surface area (Å²) in [6.45, 7) is 8.10. The van der Waals surface area contributed by atoms with Crippen molar-refractivity contribution in [3.05, 3.63) is 0 Å². The van der Waals surface area contributed by atoms with Crippen LogP contribution in [0.1, 0.15) is 33.6 Å². The van der Waals surface area contributed by atoms with Crippen LogP contribution in [-0.4, -0.2) is 23.9 Å². The molecule has 0 spiro atoms. The van der Waals surface area contributed by atoms with E-state index in [0.717, 1.165) is 19.0 Å². The highest BCUT2D eigenvalue weighted by Gasteiger charge is 2.19. The van der Waals surface area contributed by atoms with Crippen LogP contribution < -0.4 is 0 Å². The second kappa shape index (κ2) is 3.92. The molecule has 0 aliphatic carbocycles. The molecular formula is C10H19NO. The largest absolute Gasteiger partial charge is 0.343 e. The van der Waals surface area contributed by atoms with E-state index in [2.05, 4.69) is 13.8 Å². The van der Waals surface area contributed by atoms with E-state index >= 15 is 0 Å². The van der Waals surface area contributed by atoms with Gasteiger partial charge >= 0.3 is 0 Å². The molecule has 2 heteroatoms. The summed E-state index contributed by atoms with van der Waals surface area (Å²) in [5, 5.41) is 0. The van der Waals surface area contributed by atoms with Gasteiger partial charge < -0.3 is 4.90 Å². The molecule has 1 aliphatic rings. The third-order valence-electron chi connectivity index (χ3n) is 2.67.